The van der Waals surface area contributed by atoms with E-state index < -0.39 is 0 Å². The minimum Gasteiger partial charge on any atom is -0.484 e. The van der Waals surface area contributed by atoms with Gasteiger partial charge in [-0.25, -0.2) is 4.68 Å². The summed E-state index contributed by atoms with van der Waals surface area (Å²) in [6.07, 6.45) is 1.49. The van der Waals surface area contributed by atoms with Gasteiger partial charge < -0.3 is 14.5 Å². The lowest BCUT2D eigenvalue weighted by molar-refractivity contribution is -0.134. The summed E-state index contributed by atoms with van der Waals surface area (Å²) in [5.41, 5.74) is 0.746. The second-order valence-corrected chi connectivity index (χ2v) is 7.14. The van der Waals surface area contributed by atoms with E-state index in [0.717, 1.165) is 10.6 Å². The van der Waals surface area contributed by atoms with Crippen LogP contribution in [0.1, 0.15) is 9.67 Å². The number of hydrogen-bond acceptors (Lipinski definition) is 7. The molecule has 3 heterocycles. The summed E-state index contributed by atoms with van der Waals surface area (Å²) >= 11 is 1.43. The predicted octanol–water partition coefficient (Wildman–Crippen LogP) is 1.09. The molecule has 0 saturated carbocycles. The second kappa shape index (κ2) is 8.17. The van der Waals surface area contributed by atoms with Gasteiger partial charge in [-0.05, 0) is 34.0 Å². The first kappa shape index (κ1) is 18.1. The number of aromatic nitrogens is 4. The molecule has 0 bridgehead atoms. The molecule has 1 aliphatic heterocycles. The van der Waals surface area contributed by atoms with Crippen LogP contribution in [0.3, 0.4) is 0 Å². The standard InChI is InChI=1S/C18H18N6O3S/c25-17(12-27-15-4-1-3-14(11-15)24-13-19-20-21-24)22-6-8-23(9-7-22)18(26)16-5-2-10-28-16/h1-5,10-11,13H,6-9,12H2. The smallest absolute Gasteiger partial charge is 0.264 e. The SMILES string of the molecule is O=C(COc1cccc(-n2cnnn2)c1)N1CCN(C(=O)c2cccs2)CC1. The number of benzene rings is 1. The number of carbonyl (C=O) groups excluding carboxylic acids is 2. The first-order valence-corrected chi connectivity index (χ1v) is 9.65. The van der Waals surface area contributed by atoms with E-state index in [0.29, 0.717) is 31.9 Å². The maximum atomic E-state index is 12.5. The van der Waals surface area contributed by atoms with Crippen LogP contribution in [0.15, 0.2) is 48.1 Å². The van der Waals surface area contributed by atoms with Crippen molar-refractivity contribution in [2.24, 2.45) is 0 Å². The molecule has 144 valence electrons. The Kier molecular flexibility index (Phi) is 5.29. The Hall–Kier alpha value is -3.27. The van der Waals surface area contributed by atoms with E-state index in [9.17, 15) is 9.59 Å². The van der Waals surface area contributed by atoms with Gasteiger partial charge >= 0.3 is 0 Å². The summed E-state index contributed by atoms with van der Waals surface area (Å²) < 4.78 is 7.15. The Bertz CT molecular complexity index is 936. The van der Waals surface area contributed by atoms with Crippen molar-refractivity contribution in [1.82, 2.24) is 30.0 Å². The monoisotopic (exact) mass is 398 g/mol. The van der Waals surface area contributed by atoms with E-state index in [1.807, 2.05) is 29.6 Å². The largest absolute Gasteiger partial charge is 0.484 e. The molecule has 0 unspecified atom stereocenters. The molecule has 0 spiro atoms. The number of tetrazole rings is 1. The first-order chi connectivity index (χ1) is 13.7. The lowest BCUT2D eigenvalue weighted by Crippen LogP contribution is -2.51. The van der Waals surface area contributed by atoms with Crippen molar-refractivity contribution in [3.8, 4) is 11.4 Å². The van der Waals surface area contributed by atoms with Crippen molar-refractivity contribution in [2.75, 3.05) is 32.8 Å². The third kappa shape index (κ3) is 4.01. The molecule has 1 aliphatic rings. The lowest BCUT2D eigenvalue weighted by atomic mass is 10.3. The molecule has 1 saturated heterocycles. The fourth-order valence-electron chi connectivity index (χ4n) is 2.95. The van der Waals surface area contributed by atoms with Crippen LogP contribution in [0.5, 0.6) is 5.75 Å². The van der Waals surface area contributed by atoms with Crippen molar-refractivity contribution >= 4 is 23.2 Å². The highest BCUT2D eigenvalue weighted by Crippen LogP contribution is 2.17. The average molecular weight is 398 g/mol. The zero-order chi connectivity index (χ0) is 19.3. The third-order valence-corrected chi connectivity index (χ3v) is 5.30. The Balaban J connectivity index is 1.28. The van der Waals surface area contributed by atoms with Crippen molar-refractivity contribution in [1.29, 1.82) is 0 Å². The summed E-state index contributed by atoms with van der Waals surface area (Å²) in [4.78, 5) is 29.1. The Morgan fingerprint density at radius 1 is 1.07 bits per heavy atom. The highest BCUT2D eigenvalue weighted by Gasteiger charge is 2.25. The van der Waals surface area contributed by atoms with Gasteiger partial charge in [0.2, 0.25) is 0 Å². The van der Waals surface area contributed by atoms with Crippen LogP contribution in [0.4, 0.5) is 0 Å². The summed E-state index contributed by atoms with van der Waals surface area (Å²) in [6.45, 7) is 2.00. The predicted molar refractivity (Wildman–Crippen MR) is 101 cm³/mol. The lowest BCUT2D eigenvalue weighted by Gasteiger charge is -2.34. The number of amides is 2. The molecule has 1 aromatic carbocycles. The van der Waals surface area contributed by atoms with Gasteiger partial charge in [0.15, 0.2) is 6.61 Å². The van der Waals surface area contributed by atoms with Gasteiger partial charge in [0.1, 0.15) is 12.1 Å². The number of carbonyl (C=O) groups is 2. The summed E-state index contributed by atoms with van der Waals surface area (Å²) in [5, 5.41) is 12.9. The normalized spacial score (nSPS) is 14.1. The zero-order valence-corrected chi connectivity index (χ0v) is 15.8. The van der Waals surface area contributed by atoms with Crippen LogP contribution in [0, 0.1) is 0 Å². The van der Waals surface area contributed by atoms with Crippen molar-refractivity contribution in [3.63, 3.8) is 0 Å². The maximum absolute atomic E-state index is 12.5. The van der Waals surface area contributed by atoms with Gasteiger partial charge in [-0.3, -0.25) is 9.59 Å². The number of thiophene rings is 1. The highest BCUT2D eigenvalue weighted by atomic mass is 32.1. The van der Waals surface area contributed by atoms with Gasteiger partial charge in [-0.15, -0.1) is 16.4 Å². The summed E-state index contributed by atoms with van der Waals surface area (Å²) in [7, 11) is 0. The molecule has 3 aromatic rings. The molecular formula is C18H18N6O3S. The van der Waals surface area contributed by atoms with Crippen LogP contribution in [0.2, 0.25) is 0 Å². The van der Waals surface area contributed by atoms with Crippen LogP contribution in [-0.2, 0) is 4.79 Å². The topological polar surface area (TPSA) is 93.4 Å². The second-order valence-electron chi connectivity index (χ2n) is 6.19. The van der Waals surface area contributed by atoms with Gasteiger partial charge in [-0.1, -0.05) is 12.1 Å². The van der Waals surface area contributed by atoms with Crippen LogP contribution >= 0.6 is 11.3 Å². The molecule has 2 aromatic heterocycles. The van der Waals surface area contributed by atoms with Crippen molar-refractivity contribution in [3.05, 3.63) is 53.0 Å². The van der Waals surface area contributed by atoms with E-state index in [1.165, 1.54) is 22.3 Å². The molecule has 2 amide bonds. The number of nitrogens with zero attached hydrogens (tertiary/aromatic N) is 6. The number of piperazine rings is 1. The highest BCUT2D eigenvalue weighted by molar-refractivity contribution is 7.12. The molecule has 0 N–H and O–H groups in total. The number of hydrogen-bond donors (Lipinski definition) is 0. The molecule has 1 fully saturated rings. The van der Waals surface area contributed by atoms with Gasteiger partial charge in [0, 0.05) is 32.2 Å². The van der Waals surface area contributed by atoms with Crippen LogP contribution < -0.4 is 4.74 Å². The van der Waals surface area contributed by atoms with Gasteiger partial charge in [-0.2, -0.15) is 0 Å². The Morgan fingerprint density at radius 2 is 1.89 bits per heavy atom. The molecule has 0 atom stereocenters. The zero-order valence-electron chi connectivity index (χ0n) is 15.0. The Labute approximate surface area is 165 Å². The van der Waals surface area contributed by atoms with Crippen molar-refractivity contribution < 1.29 is 14.3 Å². The minimum absolute atomic E-state index is 0.0257. The van der Waals surface area contributed by atoms with E-state index >= 15 is 0 Å². The van der Waals surface area contributed by atoms with E-state index in [4.69, 9.17) is 4.74 Å². The fourth-order valence-corrected chi connectivity index (χ4v) is 3.64. The van der Waals surface area contributed by atoms with Crippen LogP contribution in [-0.4, -0.2) is 74.6 Å². The molecule has 10 heteroatoms. The van der Waals surface area contributed by atoms with E-state index in [2.05, 4.69) is 15.5 Å². The molecule has 4 rings (SSSR count). The molecule has 28 heavy (non-hydrogen) atoms. The summed E-state index contributed by atoms with van der Waals surface area (Å²) in [5.74, 6) is 0.488. The minimum atomic E-state index is -0.101. The molecular weight excluding hydrogens is 380 g/mol. The van der Waals surface area contributed by atoms with Crippen LogP contribution in [0.25, 0.3) is 5.69 Å². The number of ether oxygens (including phenoxy) is 1. The van der Waals surface area contributed by atoms with Gasteiger partial charge in [0.05, 0.1) is 10.6 Å². The summed E-state index contributed by atoms with van der Waals surface area (Å²) in [6, 6.07) is 10.9. The van der Waals surface area contributed by atoms with E-state index in [1.54, 1.807) is 21.9 Å². The fraction of sp³-hybridized carbons (Fsp3) is 0.278. The molecule has 0 aliphatic carbocycles. The van der Waals surface area contributed by atoms with Crippen molar-refractivity contribution in [2.45, 2.75) is 0 Å². The maximum Gasteiger partial charge on any atom is 0.264 e. The first-order valence-electron chi connectivity index (χ1n) is 8.77. The van der Waals surface area contributed by atoms with E-state index in [-0.39, 0.29) is 18.4 Å². The number of rotatable bonds is 5. The van der Waals surface area contributed by atoms with Gasteiger partial charge in [0.25, 0.3) is 11.8 Å². The Morgan fingerprint density at radius 3 is 2.61 bits per heavy atom. The molecule has 9 nitrogen and oxygen atoms in total. The molecule has 0 radical (unpaired) electrons. The third-order valence-electron chi connectivity index (χ3n) is 4.45. The average Bonchev–Trinajstić information content (AvgIpc) is 3.46. The quantitative estimate of drug-likeness (QED) is 0.639.